The van der Waals surface area contributed by atoms with Crippen molar-refractivity contribution >= 4 is 155 Å². The molecule has 0 aromatic heterocycles. The van der Waals surface area contributed by atoms with Crippen molar-refractivity contribution < 1.29 is 0 Å². The molecule has 0 heterocycles. The van der Waals surface area contributed by atoms with Gasteiger partial charge in [-0.1, -0.05) is 0 Å². The van der Waals surface area contributed by atoms with E-state index in [2.05, 4.69) is 0 Å². The Bertz CT molecular complexity index is 0. The van der Waals surface area contributed by atoms with E-state index in [0.29, 0.717) is 0 Å². The van der Waals surface area contributed by atoms with Gasteiger partial charge in [0.15, 0.2) is 0 Å². The van der Waals surface area contributed by atoms with Crippen molar-refractivity contribution in [3.05, 3.63) is 0 Å². The van der Waals surface area contributed by atoms with Crippen LogP contribution in [-0.4, -0.2) is 155 Å². The molecule has 0 aromatic rings. The van der Waals surface area contributed by atoms with Gasteiger partial charge in [-0.3, -0.25) is 0 Å². The van der Waals surface area contributed by atoms with Crippen LogP contribution < -0.4 is 0 Å². The molecule has 0 fully saturated rings. The first-order valence-electron chi connectivity index (χ1n) is 0. The molecular weight excluding hydrogens is 689 g/mol. The van der Waals surface area contributed by atoms with E-state index in [1.807, 2.05) is 0 Å². The molecule has 0 amide bonds. The Hall–Kier alpha value is 5.22. The Morgan fingerprint density at radius 2 is 0.167 bits per heavy atom. The van der Waals surface area contributed by atoms with Crippen LogP contribution in [0.4, 0.5) is 0 Å². The molecule has 0 aliphatic rings. The molecule has 18 radical (unpaired) electrons. The van der Waals surface area contributed by atoms with E-state index in [4.69, 9.17) is 0 Å². The maximum atomic E-state index is 0. The van der Waals surface area contributed by atoms with Gasteiger partial charge >= 0.3 is 0 Å². The first-order chi connectivity index (χ1) is 0. The van der Waals surface area contributed by atoms with Gasteiger partial charge in [-0.05, 0) is 0 Å². The fourth-order valence-electron chi connectivity index (χ4n) is 0. The number of rotatable bonds is 0. The number of hydrogen-bond acceptors (Lipinski definition) is 0. The van der Waals surface area contributed by atoms with Crippen LogP contribution in [0.15, 0.2) is 0 Å². The molecule has 0 N–H and O–H groups in total. The summed E-state index contributed by atoms with van der Waals surface area (Å²) in [7, 11) is 0. The summed E-state index contributed by atoms with van der Waals surface area (Å²) in [6.07, 6.45) is 0. The Labute approximate surface area is 151 Å². The van der Waals surface area contributed by atoms with E-state index in [-0.39, 0.29) is 155 Å². The van der Waals surface area contributed by atoms with E-state index in [1.54, 1.807) is 0 Å². The second-order valence-corrected chi connectivity index (χ2v) is 0. The molecular formula is In6. The molecule has 18 valence electrons. The van der Waals surface area contributed by atoms with Crippen molar-refractivity contribution in [1.82, 2.24) is 0 Å². The number of hydrogen-bond donors (Lipinski definition) is 0. The average Bonchev–Trinajstić information content (AvgIpc) is 0. The monoisotopic (exact) mass is 689 g/mol. The Kier molecular flexibility index (Phi) is 229. The van der Waals surface area contributed by atoms with Gasteiger partial charge in [0.05, 0.1) is 0 Å². The van der Waals surface area contributed by atoms with Crippen molar-refractivity contribution in [2.45, 2.75) is 0 Å². The van der Waals surface area contributed by atoms with Gasteiger partial charge in [-0.15, -0.1) is 0 Å². The molecule has 0 saturated heterocycles. The molecule has 6 heteroatoms. The fraction of sp³-hybridized carbons (Fsp3) is 0. The first-order valence-corrected chi connectivity index (χ1v) is 0. The molecule has 0 atom stereocenters. The Balaban J connectivity index is 0. The van der Waals surface area contributed by atoms with Crippen LogP contribution in [-0.2, 0) is 0 Å². The van der Waals surface area contributed by atoms with Crippen LogP contribution >= 0.6 is 0 Å². The molecule has 0 aliphatic heterocycles. The summed E-state index contributed by atoms with van der Waals surface area (Å²) in [5.74, 6) is 0. The van der Waals surface area contributed by atoms with E-state index in [1.165, 1.54) is 0 Å². The average molecular weight is 689 g/mol. The zero-order valence-electron chi connectivity index (χ0n) is 3.46. The smallest absolute Gasteiger partial charge is 0 e. The molecule has 0 nitrogen and oxygen atoms in total. The fourth-order valence-corrected chi connectivity index (χ4v) is 0. The normalized spacial score (nSPS) is 0. The third-order valence-corrected chi connectivity index (χ3v) is 0. The van der Waals surface area contributed by atoms with Crippen LogP contribution in [0.5, 0.6) is 0 Å². The van der Waals surface area contributed by atoms with Crippen LogP contribution in [0.3, 0.4) is 0 Å². The standard InChI is InChI=1S/6In. The minimum absolute atomic E-state index is 0. The van der Waals surface area contributed by atoms with E-state index < -0.39 is 0 Å². The minimum Gasteiger partial charge on any atom is 0 e. The molecule has 0 aliphatic carbocycles. The van der Waals surface area contributed by atoms with Crippen molar-refractivity contribution in [2.24, 2.45) is 0 Å². The molecule has 0 aromatic carbocycles. The SMILES string of the molecule is [In].[In].[In].[In].[In].[In]. The summed E-state index contributed by atoms with van der Waals surface area (Å²) < 4.78 is 0. The summed E-state index contributed by atoms with van der Waals surface area (Å²) >= 11 is 0. The molecule has 0 bridgehead atoms. The second kappa shape index (κ2) is 31.9. The topological polar surface area (TPSA) is 0 Å². The second-order valence-electron chi connectivity index (χ2n) is 0. The maximum Gasteiger partial charge on any atom is 0 e. The van der Waals surface area contributed by atoms with E-state index in [0.717, 1.165) is 0 Å². The van der Waals surface area contributed by atoms with Crippen molar-refractivity contribution in [2.75, 3.05) is 0 Å². The molecule has 0 saturated carbocycles. The third kappa shape index (κ3) is 22.9. The van der Waals surface area contributed by atoms with Crippen LogP contribution in [0.2, 0.25) is 0 Å². The predicted octanol–water partition coefficient (Wildman–Crippen LogP) is -2.28. The van der Waals surface area contributed by atoms with Gasteiger partial charge in [0.2, 0.25) is 0 Å². The summed E-state index contributed by atoms with van der Waals surface area (Å²) in [6, 6.07) is 0. The third-order valence-electron chi connectivity index (χ3n) is 0. The van der Waals surface area contributed by atoms with Gasteiger partial charge in [0, 0.05) is 155 Å². The van der Waals surface area contributed by atoms with Crippen molar-refractivity contribution in [3.63, 3.8) is 0 Å². The molecule has 0 unspecified atom stereocenters. The quantitative estimate of drug-likeness (QED) is 0.269. The Morgan fingerprint density at radius 3 is 0.167 bits per heavy atom. The minimum atomic E-state index is 0. The zero-order chi connectivity index (χ0) is 0. The largest absolute Gasteiger partial charge is 0 e. The zero-order valence-corrected chi connectivity index (χ0v) is 23.2. The Morgan fingerprint density at radius 1 is 0.167 bits per heavy atom. The molecule has 0 rings (SSSR count). The predicted molar refractivity (Wildman–Crippen MR) is 34.5 cm³/mol. The van der Waals surface area contributed by atoms with Crippen molar-refractivity contribution in [1.29, 1.82) is 0 Å². The van der Waals surface area contributed by atoms with Crippen LogP contribution in [0.1, 0.15) is 0 Å². The summed E-state index contributed by atoms with van der Waals surface area (Å²) in [4.78, 5) is 0. The van der Waals surface area contributed by atoms with Gasteiger partial charge in [0.1, 0.15) is 0 Å². The molecule has 6 heavy (non-hydrogen) atoms. The summed E-state index contributed by atoms with van der Waals surface area (Å²) in [5, 5.41) is 0. The van der Waals surface area contributed by atoms with E-state index in [9.17, 15) is 0 Å². The van der Waals surface area contributed by atoms with Gasteiger partial charge in [-0.2, -0.15) is 0 Å². The summed E-state index contributed by atoms with van der Waals surface area (Å²) in [5.41, 5.74) is 0. The van der Waals surface area contributed by atoms with Crippen LogP contribution in [0, 0.1) is 0 Å². The summed E-state index contributed by atoms with van der Waals surface area (Å²) in [6.45, 7) is 0. The van der Waals surface area contributed by atoms with Gasteiger partial charge in [-0.25, -0.2) is 0 Å². The first kappa shape index (κ1) is 43.0. The van der Waals surface area contributed by atoms with Crippen LogP contribution in [0.25, 0.3) is 0 Å². The van der Waals surface area contributed by atoms with Crippen molar-refractivity contribution in [3.8, 4) is 0 Å². The van der Waals surface area contributed by atoms with Gasteiger partial charge < -0.3 is 0 Å². The molecule has 0 spiro atoms. The maximum absolute atomic E-state index is 0. The van der Waals surface area contributed by atoms with E-state index >= 15 is 0 Å². The van der Waals surface area contributed by atoms with Gasteiger partial charge in [0.25, 0.3) is 0 Å².